The normalized spacial score (nSPS) is 19.4. The van der Waals surface area contributed by atoms with Gasteiger partial charge in [0.2, 0.25) is 0 Å². The maximum absolute atomic E-state index is 9.40. The van der Waals surface area contributed by atoms with Gasteiger partial charge in [-0.15, -0.1) is 0 Å². The van der Waals surface area contributed by atoms with Crippen molar-refractivity contribution in [3.63, 3.8) is 0 Å². The lowest BCUT2D eigenvalue weighted by atomic mass is 10.1. The molecule has 1 heterocycles. The molecule has 0 bridgehead atoms. The van der Waals surface area contributed by atoms with Crippen LogP contribution < -0.4 is 0 Å². The number of nitrogens with zero attached hydrogens (tertiary/aromatic N) is 1. The molecule has 0 spiro atoms. The Morgan fingerprint density at radius 2 is 2.15 bits per heavy atom. The quantitative estimate of drug-likeness (QED) is 0.791. The maximum atomic E-state index is 9.40. The first-order valence-electron chi connectivity index (χ1n) is 6.95. The second-order valence-electron chi connectivity index (χ2n) is 4.81. The molecule has 1 aliphatic rings. The summed E-state index contributed by atoms with van der Waals surface area (Å²) in [5, 5.41) is 18.2. The summed E-state index contributed by atoms with van der Waals surface area (Å²) in [6.45, 7) is 3.06. The van der Waals surface area contributed by atoms with Crippen molar-refractivity contribution >= 4 is 0 Å². The largest absolute Gasteiger partial charge is 0.395 e. The van der Waals surface area contributed by atoms with Crippen molar-refractivity contribution in [2.75, 3.05) is 33.0 Å². The van der Waals surface area contributed by atoms with Gasteiger partial charge in [-0.2, -0.15) is 0 Å². The van der Waals surface area contributed by atoms with Gasteiger partial charge in [-0.25, -0.2) is 0 Å². The number of ether oxygens (including phenoxy) is 1. The first kappa shape index (κ1) is 15.0. The highest BCUT2D eigenvalue weighted by molar-refractivity contribution is 5.41. The third kappa shape index (κ3) is 4.06. The highest BCUT2D eigenvalue weighted by Crippen LogP contribution is 2.15. The van der Waals surface area contributed by atoms with Crippen LogP contribution in [0, 0.1) is 11.8 Å². The summed E-state index contributed by atoms with van der Waals surface area (Å²) >= 11 is 0. The topological polar surface area (TPSA) is 52.9 Å². The minimum atomic E-state index is 0.0576. The van der Waals surface area contributed by atoms with Crippen molar-refractivity contribution in [2.45, 2.75) is 19.0 Å². The Morgan fingerprint density at radius 3 is 2.95 bits per heavy atom. The number of hydrogen-bond donors (Lipinski definition) is 2. The smallest absolute Gasteiger partial charge is 0.0644 e. The average molecular weight is 275 g/mol. The summed E-state index contributed by atoms with van der Waals surface area (Å²) in [6.07, 6.45) is 0.491. The van der Waals surface area contributed by atoms with Crippen molar-refractivity contribution < 1.29 is 14.9 Å². The molecule has 20 heavy (non-hydrogen) atoms. The van der Waals surface area contributed by atoms with Gasteiger partial charge in [0.15, 0.2) is 0 Å². The van der Waals surface area contributed by atoms with Crippen LogP contribution in [0.1, 0.15) is 17.5 Å². The molecular weight excluding hydrogens is 254 g/mol. The van der Waals surface area contributed by atoms with Crippen molar-refractivity contribution in [1.82, 2.24) is 4.90 Å². The molecule has 4 nitrogen and oxygen atoms in total. The summed E-state index contributed by atoms with van der Waals surface area (Å²) in [5.74, 6) is 6.07. The fourth-order valence-corrected chi connectivity index (χ4v) is 2.28. The molecule has 108 valence electrons. The van der Waals surface area contributed by atoms with Crippen LogP contribution in [0.4, 0.5) is 0 Å². The summed E-state index contributed by atoms with van der Waals surface area (Å²) in [4.78, 5) is 2.23. The Kier molecular flexibility index (Phi) is 6.03. The zero-order valence-corrected chi connectivity index (χ0v) is 11.6. The number of morpholine rings is 1. The van der Waals surface area contributed by atoms with E-state index in [-0.39, 0.29) is 19.3 Å². The average Bonchev–Trinajstić information content (AvgIpc) is 2.50. The molecule has 1 atom stereocenters. The SMILES string of the molecule is OCCC#Cc1ccccc1CN1CCOCC1CO. The Bertz CT molecular complexity index is 478. The predicted octanol–water partition coefficient (Wildman–Crippen LogP) is 0.614. The number of aliphatic hydroxyl groups is 2. The van der Waals surface area contributed by atoms with E-state index in [1.807, 2.05) is 18.2 Å². The number of rotatable bonds is 4. The van der Waals surface area contributed by atoms with E-state index in [1.165, 1.54) is 0 Å². The second-order valence-corrected chi connectivity index (χ2v) is 4.81. The molecular formula is C16H21NO3. The minimum absolute atomic E-state index is 0.0576. The van der Waals surface area contributed by atoms with Gasteiger partial charge >= 0.3 is 0 Å². The molecule has 0 saturated carbocycles. The molecule has 0 amide bonds. The van der Waals surface area contributed by atoms with E-state index >= 15 is 0 Å². The van der Waals surface area contributed by atoms with E-state index in [1.54, 1.807) is 0 Å². The van der Waals surface area contributed by atoms with Gasteiger partial charge in [0.25, 0.3) is 0 Å². The lowest BCUT2D eigenvalue weighted by Crippen LogP contribution is -2.46. The lowest BCUT2D eigenvalue weighted by Gasteiger charge is -2.34. The molecule has 1 aromatic rings. The van der Waals surface area contributed by atoms with Crippen LogP contribution in [0.2, 0.25) is 0 Å². The van der Waals surface area contributed by atoms with Gasteiger partial charge < -0.3 is 14.9 Å². The van der Waals surface area contributed by atoms with Gasteiger partial charge in [0.05, 0.1) is 32.5 Å². The van der Waals surface area contributed by atoms with Crippen molar-refractivity contribution in [3.8, 4) is 11.8 Å². The predicted molar refractivity (Wildman–Crippen MR) is 77.1 cm³/mol. The third-order valence-electron chi connectivity index (χ3n) is 3.41. The first-order chi connectivity index (χ1) is 9.85. The molecule has 2 rings (SSSR count). The van der Waals surface area contributed by atoms with Gasteiger partial charge in [0.1, 0.15) is 0 Å². The molecule has 0 aliphatic carbocycles. The summed E-state index contributed by atoms with van der Waals surface area (Å²) in [7, 11) is 0. The Morgan fingerprint density at radius 1 is 1.30 bits per heavy atom. The van der Waals surface area contributed by atoms with Crippen LogP contribution in [0.25, 0.3) is 0 Å². The van der Waals surface area contributed by atoms with Gasteiger partial charge in [-0.1, -0.05) is 30.0 Å². The molecule has 0 radical (unpaired) electrons. The van der Waals surface area contributed by atoms with Crippen LogP contribution >= 0.6 is 0 Å². The van der Waals surface area contributed by atoms with E-state index in [9.17, 15) is 5.11 Å². The molecule has 1 aliphatic heterocycles. The molecule has 1 saturated heterocycles. The fourth-order valence-electron chi connectivity index (χ4n) is 2.28. The minimum Gasteiger partial charge on any atom is -0.395 e. The van der Waals surface area contributed by atoms with Crippen LogP contribution in [0.5, 0.6) is 0 Å². The molecule has 1 unspecified atom stereocenters. The Balaban J connectivity index is 2.10. The molecule has 1 aromatic carbocycles. The Labute approximate surface area is 120 Å². The zero-order valence-electron chi connectivity index (χ0n) is 11.6. The van der Waals surface area contributed by atoms with E-state index in [0.29, 0.717) is 19.6 Å². The van der Waals surface area contributed by atoms with Gasteiger partial charge in [-0.3, -0.25) is 4.90 Å². The van der Waals surface area contributed by atoms with Gasteiger partial charge in [0, 0.05) is 25.1 Å². The van der Waals surface area contributed by atoms with E-state index in [2.05, 4.69) is 22.8 Å². The van der Waals surface area contributed by atoms with Crippen LogP contribution in [-0.2, 0) is 11.3 Å². The summed E-state index contributed by atoms with van der Waals surface area (Å²) < 4.78 is 5.39. The summed E-state index contributed by atoms with van der Waals surface area (Å²) in [5.41, 5.74) is 2.14. The maximum Gasteiger partial charge on any atom is 0.0644 e. The molecule has 1 fully saturated rings. The van der Waals surface area contributed by atoms with E-state index in [0.717, 1.165) is 24.2 Å². The van der Waals surface area contributed by atoms with Crippen molar-refractivity contribution in [1.29, 1.82) is 0 Å². The highest BCUT2D eigenvalue weighted by Gasteiger charge is 2.22. The fraction of sp³-hybridized carbons (Fsp3) is 0.500. The number of benzene rings is 1. The van der Waals surface area contributed by atoms with Crippen LogP contribution in [0.15, 0.2) is 24.3 Å². The van der Waals surface area contributed by atoms with Gasteiger partial charge in [-0.05, 0) is 11.6 Å². The van der Waals surface area contributed by atoms with E-state index in [4.69, 9.17) is 9.84 Å². The number of hydrogen-bond acceptors (Lipinski definition) is 4. The van der Waals surface area contributed by atoms with Crippen LogP contribution in [0.3, 0.4) is 0 Å². The third-order valence-corrected chi connectivity index (χ3v) is 3.41. The van der Waals surface area contributed by atoms with E-state index < -0.39 is 0 Å². The van der Waals surface area contributed by atoms with Crippen molar-refractivity contribution in [2.24, 2.45) is 0 Å². The highest BCUT2D eigenvalue weighted by atomic mass is 16.5. The second kappa shape index (κ2) is 8.03. The molecule has 2 N–H and O–H groups in total. The molecule has 0 aromatic heterocycles. The monoisotopic (exact) mass is 275 g/mol. The zero-order chi connectivity index (χ0) is 14.2. The standard InChI is InChI=1S/C16H21NO3/c18-9-4-3-6-14-5-1-2-7-15(14)11-17-8-10-20-13-16(17)12-19/h1-2,5,7,16,18-19H,4,8-13H2. The lowest BCUT2D eigenvalue weighted by molar-refractivity contribution is -0.0312. The molecule has 4 heteroatoms. The first-order valence-corrected chi connectivity index (χ1v) is 6.95. The van der Waals surface area contributed by atoms with Crippen molar-refractivity contribution in [3.05, 3.63) is 35.4 Å². The van der Waals surface area contributed by atoms with Crippen LogP contribution in [-0.4, -0.2) is 54.1 Å². The Hall–Kier alpha value is -1.38. The number of aliphatic hydroxyl groups excluding tert-OH is 2. The summed E-state index contributed by atoms with van der Waals surface area (Å²) in [6, 6.07) is 8.08.